The van der Waals surface area contributed by atoms with Crippen molar-refractivity contribution >= 4 is 5.91 Å². The number of nitrogens with zero attached hydrogens (tertiary/aromatic N) is 4. The van der Waals surface area contributed by atoms with Crippen LogP contribution in [0.5, 0.6) is 5.88 Å². The topological polar surface area (TPSA) is 103 Å². The van der Waals surface area contributed by atoms with E-state index in [9.17, 15) is 4.79 Å². The molecule has 1 amide bonds. The Hall–Kier alpha value is -3.29. The molecule has 0 atom stereocenters. The molecule has 140 valence electrons. The van der Waals surface area contributed by atoms with Crippen LogP contribution < -0.4 is 10.1 Å². The molecule has 3 heterocycles. The van der Waals surface area contributed by atoms with Gasteiger partial charge in [-0.2, -0.15) is 4.98 Å². The van der Waals surface area contributed by atoms with Gasteiger partial charge < -0.3 is 14.6 Å². The van der Waals surface area contributed by atoms with Crippen LogP contribution in [-0.2, 0) is 17.8 Å². The molecule has 8 nitrogen and oxygen atoms in total. The Labute approximate surface area is 157 Å². The molecule has 3 aromatic rings. The van der Waals surface area contributed by atoms with Gasteiger partial charge in [-0.1, -0.05) is 17.3 Å². The summed E-state index contributed by atoms with van der Waals surface area (Å²) in [6, 6.07) is 9.13. The zero-order valence-electron chi connectivity index (χ0n) is 15.3. The molecule has 0 aliphatic heterocycles. The number of amides is 1. The van der Waals surface area contributed by atoms with E-state index in [4.69, 9.17) is 9.26 Å². The Morgan fingerprint density at radius 2 is 2.11 bits per heavy atom. The van der Waals surface area contributed by atoms with Crippen molar-refractivity contribution in [2.45, 2.75) is 39.3 Å². The first-order chi connectivity index (χ1) is 13.1. The van der Waals surface area contributed by atoms with Crippen LogP contribution in [0, 0.1) is 0 Å². The summed E-state index contributed by atoms with van der Waals surface area (Å²) in [7, 11) is 0. The van der Waals surface area contributed by atoms with Gasteiger partial charge in [-0.05, 0) is 31.5 Å². The molecule has 0 saturated carbocycles. The lowest BCUT2D eigenvalue weighted by atomic mass is 10.2. The zero-order chi connectivity index (χ0) is 19.1. The second kappa shape index (κ2) is 8.88. The molecule has 0 spiro atoms. The van der Waals surface area contributed by atoms with Crippen molar-refractivity contribution in [3.05, 3.63) is 54.2 Å². The number of rotatable bonds is 8. The second-order valence-corrected chi connectivity index (χ2v) is 6.17. The molecule has 0 aliphatic rings. The van der Waals surface area contributed by atoms with E-state index in [-0.39, 0.29) is 18.4 Å². The average molecular weight is 367 g/mol. The quantitative estimate of drug-likeness (QED) is 0.652. The van der Waals surface area contributed by atoms with Gasteiger partial charge in [-0.15, -0.1) is 0 Å². The maximum atomic E-state index is 12.0. The van der Waals surface area contributed by atoms with Crippen molar-refractivity contribution in [1.29, 1.82) is 0 Å². The van der Waals surface area contributed by atoms with Crippen LogP contribution in [0.3, 0.4) is 0 Å². The molecule has 0 fully saturated rings. The van der Waals surface area contributed by atoms with Crippen molar-refractivity contribution in [1.82, 2.24) is 25.4 Å². The van der Waals surface area contributed by atoms with E-state index in [1.54, 1.807) is 24.5 Å². The number of pyridine rings is 2. The number of nitrogens with one attached hydrogen (secondary N) is 1. The van der Waals surface area contributed by atoms with Crippen molar-refractivity contribution in [2.75, 3.05) is 0 Å². The molecule has 3 aromatic heterocycles. The predicted octanol–water partition coefficient (Wildman–Crippen LogP) is 2.56. The number of aryl methyl sites for hydroxylation is 1. The van der Waals surface area contributed by atoms with Gasteiger partial charge in [0.25, 0.3) is 0 Å². The summed E-state index contributed by atoms with van der Waals surface area (Å²) in [5.41, 5.74) is 1.53. The number of hydrogen-bond acceptors (Lipinski definition) is 7. The lowest BCUT2D eigenvalue weighted by molar-refractivity contribution is -0.121. The third-order valence-corrected chi connectivity index (χ3v) is 3.57. The second-order valence-electron chi connectivity index (χ2n) is 6.17. The Balaban J connectivity index is 1.44. The highest BCUT2D eigenvalue weighted by Gasteiger charge is 2.11. The lowest BCUT2D eigenvalue weighted by Gasteiger charge is -2.09. The number of carbonyl (C=O) groups is 1. The third kappa shape index (κ3) is 5.60. The minimum Gasteiger partial charge on any atom is -0.475 e. The van der Waals surface area contributed by atoms with Gasteiger partial charge in [0.05, 0.1) is 6.10 Å². The van der Waals surface area contributed by atoms with Gasteiger partial charge in [0.2, 0.25) is 23.5 Å². The number of hydrogen-bond donors (Lipinski definition) is 1. The summed E-state index contributed by atoms with van der Waals surface area (Å²) in [4.78, 5) is 24.7. The molecular formula is C19H21N5O3. The summed E-state index contributed by atoms with van der Waals surface area (Å²) in [5.74, 6) is 1.29. The van der Waals surface area contributed by atoms with Crippen molar-refractivity contribution < 1.29 is 14.1 Å². The van der Waals surface area contributed by atoms with E-state index in [0.29, 0.717) is 36.3 Å². The molecule has 8 heteroatoms. The Kier molecular flexibility index (Phi) is 6.09. The molecule has 0 radical (unpaired) electrons. The molecule has 0 unspecified atom stereocenters. The monoisotopic (exact) mass is 367 g/mol. The van der Waals surface area contributed by atoms with Gasteiger partial charge in [0.1, 0.15) is 5.69 Å². The average Bonchev–Trinajstić information content (AvgIpc) is 3.15. The summed E-state index contributed by atoms with van der Waals surface area (Å²) in [6.45, 7) is 4.29. The van der Waals surface area contributed by atoms with Crippen LogP contribution >= 0.6 is 0 Å². The fraction of sp³-hybridized carbons (Fsp3) is 0.316. The van der Waals surface area contributed by atoms with Crippen LogP contribution in [0.1, 0.15) is 31.7 Å². The molecular weight excluding hydrogens is 346 g/mol. The van der Waals surface area contributed by atoms with Gasteiger partial charge in [0.15, 0.2) is 0 Å². The Morgan fingerprint density at radius 1 is 1.22 bits per heavy atom. The van der Waals surface area contributed by atoms with Crippen molar-refractivity contribution in [3.8, 4) is 17.4 Å². The Bertz CT molecular complexity index is 863. The zero-order valence-corrected chi connectivity index (χ0v) is 15.3. The highest BCUT2D eigenvalue weighted by molar-refractivity contribution is 5.76. The van der Waals surface area contributed by atoms with Gasteiger partial charge in [-0.3, -0.25) is 9.78 Å². The maximum absolute atomic E-state index is 12.0. The molecule has 0 saturated heterocycles. The summed E-state index contributed by atoms with van der Waals surface area (Å²) in [6.07, 6.45) is 4.05. The molecule has 0 bridgehead atoms. The molecule has 27 heavy (non-hydrogen) atoms. The van der Waals surface area contributed by atoms with E-state index in [1.807, 2.05) is 32.0 Å². The predicted molar refractivity (Wildman–Crippen MR) is 97.7 cm³/mol. The number of aromatic nitrogens is 4. The maximum Gasteiger partial charge on any atom is 0.227 e. The van der Waals surface area contributed by atoms with Crippen LogP contribution in [-0.4, -0.2) is 32.1 Å². The molecule has 3 rings (SSSR count). The first-order valence-electron chi connectivity index (χ1n) is 8.72. The van der Waals surface area contributed by atoms with Crippen LogP contribution in [0.4, 0.5) is 0 Å². The van der Waals surface area contributed by atoms with Crippen LogP contribution in [0.15, 0.2) is 47.2 Å². The number of carbonyl (C=O) groups excluding carboxylic acids is 1. The third-order valence-electron chi connectivity index (χ3n) is 3.57. The summed E-state index contributed by atoms with van der Waals surface area (Å²) >= 11 is 0. The number of ether oxygens (including phenoxy) is 1. The highest BCUT2D eigenvalue weighted by Crippen LogP contribution is 2.13. The van der Waals surface area contributed by atoms with E-state index < -0.39 is 0 Å². The largest absolute Gasteiger partial charge is 0.475 e. The molecule has 0 aliphatic carbocycles. The fourth-order valence-electron chi connectivity index (χ4n) is 2.29. The van der Waals surface area contributed by atoms with E-state index >= 15 is 0 Å². The van der Waals surface area contributed by atoms with Gasteiger partial charge in [0, 0.05) is 37.8 Å². The summed E-state index contributed by atoms with van der Waals surface area (Å²) < 4.78 is 10.7. The van der Waals surface area contributed by atoms with E-state index in [1.165, 1.54) is 0 Å². The minimum atomic E-state index is -0.102. The fourth-order valence-corrected chi connectivity index (χ4v) is 2.29. The minimum absolute atomic E-state index is 0.0749. The molecule has 0 aromatic carbocycles. The normalized spacial score (nSPS) is 10.8. The summed E-state index contributed by atoms with van der Waals surface area (Å²) in [5, 5.41) is 6.73. The SMILES string of the molecule is CC(C)Oc1ccc(CNC(=O)CCc2nc(-c3ccccn3)no2)cn1. The van der Waals surface area contributed by atoms with E-state index in [2.05, 4.69) is 25.4 Å². The molecule has 1 N–H and O–H groups in total. The lowest BCUT2D eigenvalue weighted by Crippen LogP contribution is -2.23. The van der Waals surface area contributed by atoms with Crippen LogP contribution in [0.25, 0.3) is 11.5 Å². The van der Waals surface area contributed by atoms with Gasteiger partial charge >= 0.3 is 0 Å². The standard InChI is InChI=1S/C19H21N5O3/c1-13(2)26-17-8-6-14(12-22-17)11-21-16(25)7-9-18-23-19(24-27-18)15-5-3-4-10-20-15/h3-6,8,10,12-13H,7,9,11H2,1-2H3,(H,21,25). The Morgan fingerprint density at radius 3 is 2.81 bits per heavy atom. The van der Waals surface area contributed by atoms with Crippen LogP contribution in [0.2, 0.25) is 0 Å². The smallest absolute Gasteiger partial charge is 0.227 e. The highest BCUT2D eigenvalue weighted by atomic mass is 16.5. The van der Waals surface area contributed by atoms with E-state index in [0.717, 1.165) is 5.56 Å². The van der Waals surface area contributed by atoms with Gasteiger partial charge in [-0.25, -0.2) is 4.98 Å². The van der Waals surface area contributed by atoms with Crippen molar-refractivity contribution in [3.63, 3.8) is 0 Å². The first kappa shape index (κ1) is 18.5. The van der Waals surface area contributed by atoms with Crippen molar-refractivity contribution in [2.24, 2.45) is 0 Å². The first-order valence-corrected chi connectivity index (χ1v) is 8.72.